The summed E-state index contributed by atoms with van der Waals surface area (Å²) in [5.41, 5.74) is -1.18. The topological polar surface area (TPSA) is 38.8 Å². The molecular formula is C12H13FO3. The zero-order chi connectivity index (χ0) is 12.0. The van der Waals surface area contributed by atoms with Gasteiger partial charge in [-0.1, -0.05) is 12.1 Å². The van der Waals surface area contributed by atoms with Gasteiger partial charge in [-0.05, 0) is 31.5 Å². The monoisotopic (exact) mass is 224 g/mol. The van der Waals surface area contributed by atoms with Crippen LogP contribution in [-0.4, -0.2) is 18.7 Å². The van der Waals surface area contributed by atoms with Crippen molar-refractivity contribution in [1.82, 2.24) is 0 Å². The van der Waals surface area contributed by atoms with E-state index < -0.39 is 17.2 Å². The SMILES string of the molecule is COC(=O)C1(C)OC1(C)c1cccc(F)c1. The molecule has 1 aromatic carbocycles. The number of ether oxygens (including phenoxy) is 2. The summed E-state index contributed by atoms with van der Waals surface area (Å²) in [6.07, 6.45) is 0. The van der Waals surface area contributed by atoms with Crippen molar-refractivity contribution in [2.45, 2.75) is 25.0 Å². The molecule has 1 heterocycles. The van der Waals surface area contributed by atoms with E-state index in [1.807, 2.05) is 0 Å². The Morgan fingerprint density at radius 1 is 1.44 bits per heavy atom. The predicted molar refractivity (Wildman–Crippen MR) is 55.3 cm³/mol. The van der Waals surface area contributed by atoms with Crippen molar-refractivity contribution < 1.29 is 18.7 Å². The summed E-state index contributed by atoms with van der Waals surface area (Å²) in [6, 6.07) is 6.05. The average Bonchev–Trinajstić information content (AvgIpc) is 2.84. The van der Waals surface area contributed by atoms with Gasteiger partial charge < -0.3 is 9.47 Å². The second-order valence-electron chi connectivity index (χ2n) is 4.17. The molecule has 0 radical (unpaired) electrons. The second kappa shape index (κ2) is 3.28. The zero-order valence-electron chi connectivity index (χ0n) is 9.41. The maximum absolute atomic E-state index is 13.1. The summed E-state index contributed by atoms with van der Waals surface area (Å²) in [5, 5.41) is 0. The summed E-state index contributed by atoms with van der Waals surface area (Å²) in [7, 11) is 1.31. The van der Waals surface area contributed by atoms with Gasteiger partial charge in [-0.2, -0.15) is 0 Å². The van der Waals surface area contributed by atoms with Crippen LogP contribution in [0.15, 0.2) is 24.3 Å². The van der Waals surface area contributed by atoms with Gasteiger partial charge in [0.05, 0.1) is 7.11 Å². The van der Waals surface area contributed by atoms with Crippen LogP contribution in [0.4, 0.5) is 4.39 Å². The Hall–Kier alpha value is -1.42. The number of epoxide rings is 1. The fourth-order valence-electron chi connectivity index (χ4n) is 1.93. The molecule has 0 aromatic heterocycles. The van der Waals surface area contributed by atoms with E-state index in [-0.39, 0.29) is 5.82 Å². The Bertz CT molecular complexity index is 446. The molecule has 0 saturated carbocycles. The smallest absolute Gasteiger partial charge is 0.341 e. The molecule has 16 heavy (non-hydrogen) atoms. The van der Waals surface area contributed by atoms with E-state index in [0.717, 1.165) is 0 Å². The summed E-state index contributed by atoms with van der Waals surface area (Å²) >= 11 is 0. The number of esters is 1. The van der Waals surface area contributed by atoms with Gasteiger partial charge in [0.15, 0.2) is 5.60 Å². The summed E-state index contributed by atoms with van der Waals surface area (Å²) in [5.74, 6) is -0.791. The molecule has 1 saturated heterocycles. The van der Waals surface area contributed by atoms with Crippen LogP contribution >= 0.6 is 0 Å². The maximum atomic E-state index is 13.1. The fraction of sp³-hybridized carbons (Fsp3) is 0.417. The van der Waals surface area contributed by atoms with Crippen molar-refractivity contribution >= 4 is 5.97 Å². The third kappa shape index (κ3) is 1.33. The number of carbonyl (C=O) groups is 1. The minimum atomic E-state index is -1.02. The lowest BCUT2D eigenvalue weighted by Crippen LogP contribution is -2.29. The standard InChI is InChI=1S/C12H13FO3/c1-11(8-5-4-6-9(13)7-8)12(2,16-11)10(14)15-3/h4-7H,1-3H3. The molecule has 2 rings (SSSR count). The summed E-state index contributed by atoms with van der Waals surface area (Å²) in [6.45, 7) is 3.39. The molecule has 2 atom stereocenters. The van der Waals surface area contributed by atoms with Crippen LogP contribution in [0.1, 0.15) is 19.4 Å². The van der Waals surface area contributed by atoms with Gasteiger partial charge in [0, 0.05) is 0 Å². The molecule has 86 valence electrons. The normalized spacial score (nSPS) is 32.2. The van der Waals surface area contributed by atoms with E-state index >= 15 is 0 Å². The number of rotatable bonds is 2. The molecule has 3 nitrogen and oxygen atoms in total. The number of hydrogen-bond donors (Lipinski definition) is 0. The largest absolute Gasteiger partial charge is 0.467 e. The molecule has 0 spiro atoms. The lowest BCUT2D eigenvalue weighted by molar-refractivity contribution is -0.146. The number of hydrogen-bond acceptors (Lipinski definition) is 3. The first-order chi connectivity index (χ1) is 7.44. The highest BCUT2D eigenvalue weighted by Crippen LogP contribution is 2.55. The van der Waals surface area contributed by atoms with E-state index in [9.17, 15) is 9.18 Å². The van der Waals surface area contributed by atoms with Crippen LogP contribution < -0.4 is 0 Å². The molecule has 0 aliphatic carbocycles. The van der Waals surface area contributed by atoms with Crippen molar-refractivity contribution in [3.8, 4) is 0 Å². The molecule has 4 heteroatoms. The number of carbonyl (C=O) groups excluding carboxylic acids is 1. The van der Waals surface area contributed by atoms with E-state index in [4.69, 9.17) is 4.74 Å². The van der Waals surface area contributed by atoms with E-state index in [0.29, 0.717) is 5.56 Å². The summed E-state index contributed by atoms with van der Waals surface area (Å²) in [4.78, 5) is 11.5. The van der Waals surface area contributed by atoms with Crippen LogP contribution in [0.5, 0.6) is 0 Å². The molecule has 1 fully saturated rings. The molecule has 2 unspecified atom stereocenters. The van der Waals surface area contributed by atoms with Crippen molar-refractivity contribution in [3.63, 3.8) is 0 Å². The van der Waals surface area contributed by atoms with E-state index in [1.165, 1.54) is 19.2 Å². The average molecular weight is 224 g/mol. The molecule has 1 aliphatic heterocycles. The molecule has 0 N–H and O–H groups in total. The van der Waals surface area contributed by atoms with Gasteiger partial charge in [-0.3, -0.25) is 0 Å². The first-order valence-electron chi connectivity index (χ1n) is 4.99. The number of benzene rings is 1. The Morgan fingerprint density at radius 3 is 2.69 bits per heavy atom. The summed E-state index contributed by atoms with van der Waals surface area (Å²) < 4.78 is 23.2. The maximum Gasteiger partial charge on any atom is 0.341 e. The lowest BCUT2D eigenvalue weighted by Gasteiger charge is -2.11. The van der Waals surface area contributed by atoms with Crippen molar-refractivity contribution in [2.24, 2.45) is 0 Å². The Morgan fingerprint density at radius 2 is 2.12 bits per heavy atom. The third-order valence-corrected chi connectivity index (χ3v) is 3.23. The van der Waals surface area contributed by atoms with Crippen LogP contribution in [0.25, 0.3) is 0 Å². The predicted octanol–water partition coefficient (Wildman–Crippen LogP) is 2.00. The highest BCUT2D eigenvalue weighted by molar-refractivity contribution is 5.84. The Labute approximate surface area is 93.2 Å². The van der Waals surface area contributed by atoms with Gasteiger partial charge in [-0.15, -0.1) is 0 Å². The first kappa shape index (κ1) is 11.1. The quantitative estimate of drug-likeness (QED) is 0.569. The van der Waals surface area contributed by atoms with E-state index in [1.54, 1.807) is 26.0 Å². The van der Waals surface area contributed by atoms with Gasteiger partial charge in [0.2, 0.25) is 0 Å². The number of halogens is 1. The minimum Gasteiger partial charge on any atom is -0.467 e. The van der Waals surface area contributed by atoms with Crippen LogP contribution in [0.2, 0.25) is 0 Å². The van der Waals surface area contributed by atoms with Crippen molar-refractivity contribution in [3.05, 3.63) is 35.6 Å². The Kier molecular flexibility index (Phi) is 2.27. The van der Waals surface area contributed by atoms with E-state index in [2.05, 4.69) is 4.74 Å². The van der Waals surface area contributed by atoms with Crippen molar-refractivity contribution in [1.29, 1.82) is 0 Å². The molecule has 0 amide bonds. The Balaban J connectivity index is 2.34. The number of methoxy groups -OCH3 is 1. The van der Waals surface area contributed by atoms with Gasteiger partial charge in [0.25, 0.3) is 0 Å². The second-order valence-corrected chi connectivity index (χ2v) is 4.17. The third-order valence-electron chi connectivity index (χ3n) is 3.23. The minimum absolute atomic E-state index is 0.346. The van der Waals surface area contributed by atoms with Gasteiger partial charge in [0.1, 0.15) is 11.4 Å². The highest BCUT2D eigenvalue weighted by Gasteiger charge is 2.70. The fourth-order valence-corrected chi connectivity index (χ4v) is 1.93. The van der Waals surface area contributed by atoms with Crippen LogP contribution in [0, 0.1) is 5.82 Å². The van der Waals surface area contributed by atoms with Crippen LogP contribution in [-0.2, 0) is 19.9 Å². The molecule has 1 aliphatic rings. The molecule has 1 aromatic rings. The zero-order valence-corrected chi connectivity index (χ0v) is 9.41. The van der Waals surface area contributed by atoms with Crippen molar-refractivity contribution in [2.75, 3.05) is 7.11 Å². The molecule has 0 bridgehead atoms. The lowest BCUT2D eigenvalue weighted by atomic mass is 9.89. The van der Waals surface area contributed by atoms with Gasteiger partial charge in [-0.25, -0.2) is 9.18 Å². The highest BCUT2D eigenvalue weighted by atomic mass is 19.1. The first-order valence-corrected chi connectivity index (χ1v) is 4.99. The van der Waals surface area contributed by atoms with Gasteiger partial charge >= 0.3 is 5.97 Å². The van der Waals surface area contributed by atoms with Crippen LogP contribution in [0.3, 0.4) is 0 Å². The molecular weight excluding hydrogens is 211 g/mol.